The number of aromatic nitrogens is 3. The number of fused-ring (bicyclic) bond motifs is 1. The number of hydrogen-bond acceptors (Lipinski definition) is 3. The molecule has 0 saturated carbocycles. The third-order valence-corrected chi connectivity index (χ3v) is 4.03. The molecule has 1 aromatic carbocycles. The van der Waals surface area contributed by atoms with Gasteiger partial charge in [0, 0.05) is 22.9 Å². The molecular weight excluding hydrogens is 282 g/mol. The van der Waals surface area contributed by atoms with Gasteiger partial charge in [0.1, 0.15) is 10.4 Å². The zero-order valence-electron chi connectivity index (χ0n) is 12.3. The summed E-state index contributed by atoms with van der Waals surface area (Å²) >= 11 is 5.48. The average Bonchev–Trinajstić information content (AvgIpc) is 2.90. The molecule has 0 atom stereocenters. The maximum absolute atomic E-state index is 5.55. The van der Waals surface area contributed by atoms with Crippen LogP contribution in [0.5, 0.6) is 5.75 Å². The molecule has 0 saturated heterocycles. The van der Waals surface area contributed by atoms with Gasteiger partial charge in [-0.25, -0.2) is 9.50 Å². The molecule has 3 rings (SSSR count). The van der Waals surface area contributed by atoms with Gasteiger partial charge in [0.25, 0.3) is 0 Å². The van der Waals surface area contributed by atoms with Crippen LogP contribution in [0, 0.1) is 18.5 Å². The Morgan fingerprint density at radius 1 is 1.29 bits per heavy atom. The number of benzene rings is 1. The first-order valence-corrected chi connectivity index (χ1v) is 7.33. The van der Waals surface area contributed by atoms with Crippen LogP contribution in [-0.4, -0.2) is 21.2 Å². The third kappa shape index (κ3) is 2.45. The maximum Gasteiger partial charge on any atom is 0.155 e. The van der Waals surface area contributed by atoms with Gasteiger partial charge in [-0.05, 0) is 32.9 Å². The minimum absolute atomic E-state index is 0.654. The van der Waals surface area contributed by atoms with Crippen molar-refractivity contribution in [2.45, 2.75) is 20.8 Å². The monoisotopic (exact) mass is 299 g/mol. The molecule has 2 heterocycles. The van der Waals surface area contributed by atoms with E-state index < -0.39 is 0 Å². The lowest BCUT2D eigenvalue weighted by Gasteiger charge is -2.04. The SMILES string of the molecule is CCOc1cccc(-c2cc3nc(C)c(C)c(=S)n3[nH]2)c1. The molecule has 0 bridgehead atoms. The van der Waals surface area contributed by atoms with Crippen LogP contribution in [0.3, 0.4) is 0 Å². The summed E-state index contributed by atoms with van der Waals surface area (Å²) in [6, 6.07) is 9.99. The summed E-state index contributed by atoms with van der Waals surface area (Å²) in [5, 5.41) is 3.31. The first-order chi connectivity index (χ1) is 10.1. The normalized spacial score (nSPS) is 11.0. The van der Waals surface area contributed by atoms with Crippen LogP contribution in [0.25, 0.3) is 16.9 Å². The molecular formula is C16H17N3OS. The van der Waals surface area contributed by atoms with E-state index in [-0.39, 0.29) is 0 Å². The number of aryl methyl sites for hydroxylation is 1. The molecule has 0 fully saturated rings. The molecule has 108 valence electrons. The van der Waals surface area contributed by atoms with E-state index in [9.17, 15) is 0 Å². The molecule has 4 nitrogen and oxygen atoms in total. The van der Waals surface area contributed by atoms with Crippen LogP contribution in [0.4, 0.5) is 0 Å². The molecule has 0 spiro atoms. The van der Waals surface area contributed by atoms with Gasteiger partial charge >= 0.3 is 0 Å². The molecule has 21 heavy (non-hydrogen) atoms. The lowest BCUT2D eigenvalue weighted by atomic mass is 10.1. The predicted molar refractivity (Wildman–Crippen MR) is 86.5 cm³/mol. The van der Waals surface area contributed by atoms with Crippen molar-refractivity contribution < 1.29 is 4.74 Å². The zero-order valence-corrected chi connectivity index (χ0v) is 13.1. The molecule has 0 aliphatic rings. The largest absolute Gasteiger partial charge is 0.494 e. The van der Waals surface area contributed by atoms with Crippen LogP contribution in [0.2, 0.25) is 0 Å². The first-order valence-electron chi connectivity index (χ1n) is 6.92. The Bertz CT molecular complexity index is 864. The highest BCUT2D eigenvalue weighted by Gasteiger charge is 2.08. The van der Waals surface area contributed by atoms with Crippen molar-refractivity contribution in [1.29, 1.82) is 0 Å². The first kappa shape index (κ1) is 13.8. The fraction of sp³-hybridized carbons (Fsp3) is 0.250. The Hall–Kier alpha value is -2.14. The zero-order chi connectivity index (χ0) is 15.0. The number of hydrogen-bond donors (Lipinski definition) is 1. The number of H-pyrrole nitrogens is 1. The van der Waals surface area contributed by atoms with Crippen molar-refractivity contribution in [2.24, 2.45) is 0 Å². The molecule has 5 heteroatoms. The number of nitrogens with zero attached hydrogens (tertiary/aromatic N) is 2. The summed E-state index contributed by atoms with van der Waals surface area (Å²) in [7, 11) is 0. The van der Waals surface area contributed by atoms with Crippen molar-refractivity contribution in [3.63, 3.8) is 0 Å². The van der Waals surface area contributed by atoms with Crippen LogP contribution in [0.15, 0.2) is 30.3 Å². The second-order valence-corrected chi connectivity index (χ2v) is 5.34. The average molecular weight is 299 g/mol. The molecule has 0 radical (unpaired) electrons. The van der Waals surface area contributed by atoms with Gasteiger partial charge in [-0.15, -0.1) is 0 Å². The molecule has 0 aliphatic carbocycles. The Morgan fingerprint density at radius 2 is 2.10 bits per heavy atom. The van der Waals surface area contributed by atoms with E-state index in [1.807, 2.05) is 55.6 Å². The van der Waals surface area contributed by atoms with Gasteiger partial charge in [-0.3, -0.25) is 5.10 Å². The fourth-order valence-corrected chi connectivity index (χ4v) is 2.57. The predicted octanol–water partition coefficient (Wildman–Crippen LogP) is 4.07. The van der Waals surface area contributed by atoms with E-state index >= 15 is 0 Å². The van der Waals surface area contributed by atoms with E-state index in [1.165, 1.54) is 0 Å². The number of rotatable bonds is 3. The number of aromatic amines is 1. The van der Waals surface area contributed by atoms with Crippen LogP contribution >= 0.6 is 12.2 Å². The van der Waals surface area contributed by atoms with E-state index in [0.29, 0.717) is 6.61 Å². The summed E-state index contributed by atoms with van der Waals surface area (Å²) in [5.41, 5.74) is 4.85. The summed E-state index contributed by atoms with van der Waals surface area (Å²) < 4.78 is 8.16. The maximum atomic E-state index is 5.55. The van der Waals surface area contributed by atoms with Crippen molar-refractivity contribution in [3.05, 3.63) is 46.2 Å². The minimum atomic E-state index is 0.654. The van der Waals surface area contributed by atoms with Gasteiger partial charge in [-0.2, -0.15) is 0 Å². The number of ether oxygens (including phenoxy) is 1. The Kier molecular flexibility index (Phi) is 3.51. The molecule has 3 aromatic rings. The lowest BCUT2D eigenvalue weighted by molar-refractivity contribution is 0.340. The lowest BCUT2D eigenvalue weighted by Crippen LogP contribution is -1.98. The molecule has 1 N–H and O–H groups in total. The second-order valence-electron chi connectivity index (χ2n) is 4.95. The molecule has 2 aromatic heterocycles. The van der Waals surface area contributed by atoms with E-state index in [2.05, 4.69) is 10.1 Å². The highest BCUT2D eigenvalue weighted by molar-refractivity contribution is 7.71. The molecule has 0 aliphatic heterocycles. The van der Waals surface area contributed by atoms with Gasteiger partial charge in [0.05, 0.1) is 12.3 Å². The topological polar surface area (TPSA) is 42.3 Å². The second kappa shape index (κ2) is 5.33. The van der Waals surface area contributed by atoms with E-state index in [1.54, 1.807) is 0 Å². The quantitative estimate of drug-likeness (QED) is 0.741. The Balaban J connectivity index is 2.15. The fourth-order valence-electron chi connectivity index (χ4n) is 2.29. The molecule has 0 amide bonds. The number of nitrogens with one attached hydrogen (secondary N) is 1. The minimum Gasteiger partial charge on any atom is -0.494 e. The van der Waals surface area contributed by atoms with Gasteiger partial charge in [-0.1, -0.05) is 24.4 Å². The molecule has 0 unspecified atom stereocenters. The van der Waals surface area contributed by atoms with Crippen LogP contribution in [0.1, 0.15) is 18.2 Å². The third-order valence-electron chi connectivity index (χ3n) is 3.54. The standard InChI is InChI=1S/C16H17N3OS/c1-4-20-13-7-5-6-12(8-13)14-9-15-17-11(3)10(2)16(21)19(15)18-14/h5-9,18H,4H2,1-3H3. The Labute approximate surface area is 128 Å². The smallest absolute Gasteiger partial charge is 0.155 e. The highest BCUT2D eigenvalue weighted by atomic mass is 32.1. The van der Waals surface area contributed by atoms with Crippen LogP contribution < -0.4 is 4.74 Å². The van der Waals surface area contributed by atoms with Crippen molar-refractivity contribution in [2.75, 3.05) is 6.61 Å². The van der Waals surface area contributed by atoms with Crippen molar-refractivity contribution >= 4 is 17.9 Å². The summed E-state index contributed by atoms with van der Waals surface area (Å²) in [4.78, 5) is 4.57. The summed E-state index contributed by atoms with van der Waals surface area (Å²) in [6.45, 7) is 6.60. The summed E-state index contributed by atoms with van der Waals surface area (Å²) in [5.74, 6) is 0.859. The highest BCUT2D eigenvalue weighted by Crippen LogP contribution is 2.24. The van der Waals surface area contributed by atoms with Gasteiger partial charge in [0.2, 0.25) is 0 Å². The van der Waals surface area contributed by atoms with E-state index in [0.717, 1.165) is 38.6 Å². The van der Waals surface area contributed by atoms with Crippen LogP contribution in [-0.2, 0) is 0 Å². The van der Waals surface area contributed by atoms with E-state index in [4.69, 9.17) is 17.0 Å². The van der Waals surface area contributed by atoms with Gasteiger partial charge < -0.3 is 4.74 Å². The van der Waals surface area contributed by atoms with Crippen molar-refractivity contribution in [3.8, 4) is 17.0 Å². The Morgan fingerprint density at radius 3 is 2.86 bits per heavy atom. The van der Waals surface area contributed by atoms with Crippen molar-refractivity contribution in [1.82, 2.24) is 14.6 Å². The summed E-state index contributed by atoms with van der Waals surface area (Å²) in [6.07, 6.45) is 0. The van der Waals surface area contributed by atoms with Gasteiger partial charge in [0.15, 0.2) is 5.65 Å².